The summed E-state index contributed by atoms with van der Waals surface area (Å²) in [6.45, 7) is -0.498. The zero-order valence-electron chi connectivity index (χ0n) is 5.89. The molecular weight excluding hydrogens is 158 g/mol. The molecule has 0 heterocycles. The molecular formula is C6H7F2O3-. The zero-order valence-corrected chi connectivity index (χ0v) is 5.89. The van der Waals surface area contributed by atoms with Crippen molar-refractivity contribution in [3.63, 3.8) is 0 Å². The standard InChI is InChI=1S/C6H8F2O3/c1-2-6(8,5(10)11)4(9)3-7/h2-3H2,1H3,(H,10,11)/p-1. The van der Waals surface area contributed by atoms with E-state index in [1.54, 1.807) is 0 Å². The van der Waals surface area contributed by atoms with Gasteiger partial charge in [0.05, 0.1) is 5.97 Å². The molecule has 0 bridgehead atoms. The molecule has 0 aromatic carbocycles. The van der Waals surface area contributed by atoms with Gasteiger partial charge in [-0.15, -0.1) is 0 Å². The van der Waals surface area contributed by atoms with E-state index in [0.29, 0.717) is 0 Å². The molecule has 0 N–H and O–H groups in total. The lowest BCUT2D eigenvalue weighted by molar-refractivity contribution is -0.317. The van der Waals surface area contributed by atoms with E-state index >= 15 is 0 Å². The second-order valence-corrected chi connectivity index (χ2v) is 2.00. The van der Waals surface area contributed by atoms with Crippen molar-refractivity contribution in [1.29, 1.82) is 0 Å². The van der Waals surface area contributed by atoms with Gasteiger partial charge in [0.15, 0.2) is 6.67 Å². The summed E-state index contributed by atoms with van der Waals surface area (Å²) in [4.78, 5) is 20.3. The second kappa shape index (κ2) is 3.41. The molecule has 64 valence electrons. The van der Waals surface area contributed by atoms with Crippen molar-refractivity contribution in [3.8, 4) is 0 Å². The zero-order chi connectivity index (χ0) is 9.07. The lowest BCUT2D eigenvalue weighted by atomic mass is 9.98. The van der Waals surface area contributed by atoms with E-state index in [2.05, 4.69) is 0 Å². The molecule has 5 heteroatoms. The van der Waals surface area contributed by atoms with Gasteiger partial charge in [-0.25, -0.2) is 8.78 Å². The van der Waals surface area contributed by atoms with E-state index in [4.69, 9.17) is 0 Å². The molecule has 0 radical (unpaired) electrons. The van der Waals surface area contributed by atoms with Crippen molar-refractivity contribution in [2.24, 2.45) is 0 Å². The van der Waals surface area contributed by atoms with E-state index < -0.39 is 30.5 Å². The van der Waals surface area contributed by atoms with Gasteiger partial charge < -0.3 is 9.90 Å². The molecule has 3 nitrogen and oxygen atoms in total. The van der Waals surface area contributed by atoms with Crippen LogP contribution in [-0.2, 0) is 9.59 Å². The van der Waals surface area contributed by atoms with Gasteiger partial charge in [-0.05, 0) is 6.42 Å². The number of alkyl halides is 2. The van der Waals surface area contributed by atoms with Crippen LogP contribution in [0.3, 0.4) is 0 Å². The fourth-order valence-electron chi connectivity index (χ4n) is 0.561. The normalized spacial score (nSPS) is 15.5. The van der Waals surface area contributed by atoms with Gasteiger partial charge in [0.1, 0.15) is 0 Å². The highest BCUT2D eigenvalue weighted by atomic mass is 19.1. The van der Waals surface area contributed by atoms with Crippen molar-refractivity contribution in [2.45, 2.75) is 19.0 Å². The van der Waals surface area contributed by atoms with Crippen molar-refractivity contribution < 1.29 is 23.5 Å². The Morgan fingerprint density at radius 1 is 1.55 bits per heavy atom. The predicted octanol–water partition coefficient (Wildman–Crippen LogP) is -0.607. The Hall–Kier alpha value is -1.00. The van der Waals surface area contributed by atoms with E-state index in [1.807, 2.05) is 0 Å². The third kappa shape index (κ3) is 1.72. The molecule has 0 rings (SSSR count). The van der Waals surface area contributed by atoms with Gasteiger partial charge in [-0.3, -0.25) is 4.79 Å². The number of ketones is 1. The minimum atomic E-state index is -3.16. The van der Waals surface area contributed by atoms with Crippen molar-refractivity contribution in [2.75, 3.05) is 6.67 Å². The monoisotopic (exact) mass is 165 g/mol. The number of Topliss-reactive ketones (excluding diaryl/α,β-unsaturated/α-hetero) is 1. The first-order valence-electron chi connectivity index (χ1n) is 2.98. The smallest absolute Gasteiger partial charge is 0.210 e. The summed E-state index contributed by atoms with van der Waals surface area (Å²) in [5, 5.41) is 9.98. The maximum Gasteiger partial charge on any atom is 0.210 e. The molecule has 0 aromatic heterocycles. The van der Waals surface area contributed by atoms with Gasteiger partial charge in [-0.1, -0.05) is 6.92 Å². The van der Waals surface area contributed by atoms with Crippen molar-refractivity contribution >= 4 is 11.8 Å². The van der Waals surface area contributed by atoms with Crippen LogP contribution in [-0.4, -0.2) is 24.1 Å². The first-order chi connectivity index (χ1) is 4.99. The molecule has 0 amide bonds. The highest BCUT2D eigenvalue weighted by Gasteiger charge is 2.37. The van der Waals surface area contributed by atoms with Crippen molar-refractivity contribution in [1.82, 2.24) is 0 Å². The van der Waals surface area contributed by atoms with Crippen LogP contribution >= 0.6 is 0 Å². The van der Waals surface area contributed by atoms with Gasteiger partial charge in [0, 0.05) is 0 Å². The first-order valence-corrected chi connectivity index (χ1v) is 2.98. The Bertz CT molecular complexity index is 181. The Morgan fingerprint density at radius 2 is 2.00 bits per heavy atom. The molecule has 0 saturated carbocycles. The Balaban J connectivity index is 4.59. The van der Waals surface area contributed by atoms with E-state index in [-0.39, 0.29) is 0 Å². The minimum Gasteiger partial charge on any atom is -0.546 e. The highest BCUT2D eigenvalue weighted by Crippen LogP contribution is 2.16. The molecule has 1 atom stereocenters. The maximum atomic E-state index is 12.8. The number of halogens is 2. The number of carbonyl (C=O) groups is 2. The molecule has 0 aliphatic rings. The lowest BCUT2D eigenvalue weighted by Gasteiger charge is -2.21. The number of hydrogen-bond acceptors (Lipinski definition) is 3. The van der Waals surface area contributed by atoms with Crippen LogP contribution in [0.5, 0.6) is 0 Å². The van der Waals surface area contributed by atoms with Crippen LogP contribution in [0, 0.1) is 0 Å². The van der Waals surface area contributed by atoms with E-state index in [0.717, 1.165) is 6.92 Å². The summed E-state index contributed by atoms with van der Waals surface area (Å²) in [6.07, 6.45) is -0.613. The maximum absolute atomic E-state index is 12.8. The summed E-state index contributed by atoms with van der Waals surface area (Å²) in [5.41, 5.74) is -3.16. The van der Waals surface area contributed by atoms with Gasteiger partial charge >= 0.3 is 0 Å². The van der Waals surface area contributed by atoms with E-state index in [9.17, 15) is 23.5 Å². The summed E-state index contributed by atoms with van der Waals surface area (Å²) in [7, 11) is 0. The Kier molecular flexibility index (Phi) is 3.10. The van der Waals surface area contributed by atoms with Gasteiger partial charge in [0.2, 0.25) is 11.5 Å². The van der Waals surface area contributed by atoms with Crippen LogP contribution in [0.4, 0.5) is 8.78 Å². The van der Waals surface area contributed by atoms with Gasteiger partial charge in [0.25, 0.3) is 0 Å². The first kappa shape index (κ1) is 10.0. The highest BCUT2D eigenvalue weighted by molar-refractivity contribution is 6.06. The Labute approximate surface area is 62.0 Å². The summed E-state index contributed by atoms with van der Waals surface area (Å²) < 4.78 is 24.3. The number of carboxylic acid groups (broad SMARTS) is 1. The molecule has 1 unspecified atom stereocenters. The molecule has 0 fully saturated rings. The van der Waals surface area contributed by atoms with E-state index in [1.165, 1.54) is 0 Å². The number of carboxylic acids is 1. The summed E-state index contributed by atoms with van der Waals surface area (Å²) in [5.74, 6) is -3.78. The number of rotatable bonds is 4. The quantitative estimate of drug-likeness (QED) is 0.522. The third-order valence-electron chi connectivity index (χ3n) is 1.37. The lowest BCUT2D eigenvalue weighted by Crippen LogP contribution is -2.51. The number of hydrogen-bond donors (Lipinski definition) is 0. The van der Waals surface area contributed by atoms with Crippen molar-refractivity contribution in [3.05, 3.63) is 0 Å². The fraction of sp³-hybridized carbons (Fsp3) is 0.667. The molecule has 0 saturated heterocycles. The van der Waals surface area contributed by atoms with Crippen LogP contribution in [0.2, 0.25) is 0 Å². The molecule has 11 heavy (non-hydrogen) atoms. The molecule has 0 aliphatic heterocycles. The average Bonchev–Trinajstić information content (AvgIpc) is 2.01. The fourth-order valence-corrected chi connectivity index (χ4v) is 0.561. The average molecular weight is 165 g/mol. The number of aliphatic carboxylic acids is 1. The largest absolute Gasteiger partial charge is 0.546 e. The van der Waals surface area contributed by atoms with Crippen LogP contribution < -0.4 is 5.11 Å². The van der Waals surface area contributed by atoms with Crippen LogP contribution in [0.25, 0.3) is 0 Å². The summed E-state index contributed by atoms with van der Waals surface area (Å²) in [6, 6.07) is 0. The molecule has 0 aliphatic carbocycles. The topological polar surface area (TPSA) is 57.2 Å². The second-order valence-electron chi connectivity index (χ2n) is 2.00. The van der Waals surface area contributed by atoms with Crippen LogP contribution in [0.1, 0.15) is 13.3 Å². The Morgan fingerprint density at radius 3 is 2.09 bits per heavy atom. The predicted molar refractivity (Wildman–Crippen MR) is 30.1 cm³/mol. The van der Waals surface area contributed by atoms with Gasteiger partial charge in [-0.2, -0.15) is 0 Å². The molecule has 0 spiro atoms. The minimum absolute atomic E-state index is 0.613. The summed E-state index contributed by atoms with van der Waals surface area (Å²) >= 11 is 0. The number of carbonyl (C=O) groups excluding carboxylic acids is 2. The molecule has 0 aromatic rings. The SMILES string of the molecule is CCC(F)(C(=O)[O-])C(=O)CF. The third-order valence-corrected chi connectivity index (χ3v) is 1.37. The van der Waals surface area contributed by atoms with Crippen LogP contribution in [0.15, 0.2) is 0 Å².